The highest BCUT2D eigenvalue weighted by Gasteiger charge is 2.04. The predicted molar refractivity (Wildman–Crippen MR) is 56.7 cm³/mol. The molecule has 0 aliphatic carbocycles. The molecule has 13 heavy (non-hydrogen) atoms. The van der Waals surface area contributed by atoms with Crippen LogP contribution < -0.4 is 0 Å². The summed E-state index contributed by atoms with van der Waals surface area (Å²) >= 11 is 3.49. The molecule has 2 aromatic rings. The minimum Gasteiger partial charge on any atom is -0.380 e. The van der Waals surface area contributed by atoms with E-state index in [1.54, 1.807) is 7.11 Å². The Balaban J connectivity index is 2.61. The molecule has 0 unspecified atom stereocenters. The third-order valence-corrected chi connectivity index (χ3v) is 2.71. The Morgan fingerprint density at radius 3 is 3.08 bits per heavy atom. The Morgan fingerprint density at radius 1 is 1.46 bits per heavy atom. The van der Waals surface area contributed by atoms with E-state index in [2.05, 4.69) is 27.0 Å². The number of benzene rings is 1. The highest BCUT2D eigenvalue weighted by Crippen LogP contribution is 2.25. The lowest BCUT2D eigenvalue weighted by Gasteiger charge is -1.97. The standard InChI is InChI=1S/C10H10BrNO/c1-13-6-7-5-12-10-8(7)3-2-4-9(10)11/h2-5,12H,6H2,1H3. The molecule has 1 aromatic heterocycles. The number of rotatable bonds is 2. The van der Waals surface area contributed by atoms with Gasteiger partial charge in [-0.1, -0.05) is 12.1 Å². The first kappa shape index (κ1) is 8.78. The van der Waals surface area contributed by atoms with Crippen molar-refractivity contribution in [3.05, 3.63) is 34.4 Å². The molecule has 3 heteroatoms. The van der Waals surface area contributed by atoms with Crippen molar-refractivity contribution in [1.29, 1.82) is 0 Å². The number of methoxy groups -OCH3 is 1. The van der Waals surface area contributed by atoms with Gasteiger partial charge >= 0.3 is 0 Å². The molecule has 0 aliphatic rings. The maximum atomic E-state index is 5.10. The summed E-state index contributed by atoms with van der Waals surface area (Å²) in [5.41, 5.74) is 2.33. The highest BCUT2D eigenvalue weighted by atomic mass is 79.9. The molecule has 0 radical (unpaired) electrons. The molecule has 0 saturated carbocycles. The third-order valence-electron chi connectivity index (χ3n) is 2.05. The Morgan fingerprint density at radius 2 is 2.31 bits per heavy atom. The van der Waals surface area contributed by atoms with Crippen LogP contribution >= 0.6 is 15.9 Å². The molecule has 0 bridgehead atoms. The highest BCUT2D eigenvalue weighted by molar-refractivity contribution is 9.10. The minimum absolute atomic E-state index is 0.649. The van der Waals surface area contributed by atoms with Gasteiger partial charge in [-0.3, -0.25) is 0 Å². The second-order valence-corrected chi connectivity index (χ2v) is 3.76. The number of aromatic nitrogens is 1. The first-order chi connectivity index (χ1) is 6.33. The van der Waals surface area contributed by atoms with Gasteiger partial charge < -0.3 is 9.72 Å². The summed E-state index contributed by atoms with van der Waals surface area (Å²) in [4.78, 5) is 3.21. The molecule has 0 spiro atoms. The van der Waals surface area contributed by atoms with Crippen LogP contribution in [0.4, 0.5) is 0 Å². The van der Waals surface area contributed by atoms with E-state index in [0.29, 0.717) is 6.61 Å². The van der Waals surface area contributed by atoms with E-state index in [1.165, 1.54) is 10.9 Å². The molecule has 1 heterocycles. The van der Waals surface area contributed by atoms with Crippen LogP contribution in [0.25, 0.3) is 10.9 Å². The monoisotopic (exact) mass is 239 g/mol. The van der Waals surface area contributed by atoms with Gasteiger partial charge in [-0.05, 0) is 22.0 Å². The normalized spacial score (nSPS) is 10.9. The lowest BCUT2D eigenvalue weighted by Crippen LogP contribution is -1.83. The van der Waals surface area contributed by atoms with Crippen LogP contribution in [0.15, 0.2) is 28.9 Å². The second kappa shape index (κ2) is 3.52. The summed E-state index contributed by atoms with van der Waals surface area (Å²) in [5, 5.41) is 1.22. The van der Waals surface area contributed by atoms with Gasteiger partial charge in [0.15, 0.2) is 0 Å². The maximum absolute atomic E-state index is 5.10. The fourth-order valence-corrected chi connectivity index (χ4v) is 1.93. The second-order valence-electron chi connectivity index (χ2n) is 2.91. The number of fused-ring (bicyclic) bond motifs is 1. The topological polar surface area (TPSA) is 25.0 Å². The van der Waals surface area contributed by atoms with Crippen LogP contribution in [0.2, 0.25) is 0 Å². The molecular formula is C10H10BrNO. The predicted octanol–water partition coefficient (Wildman–Crippen LogP) is 3.08. The van der Waals surface area contributed by atoms with E-state index in [9.17, 15) is 0 Å². The van der Waals surface area contributed by atoms with Crippen molar-refractivity contribution >= 4 is 26.8 Å². The largest absolute Gasteiger partial charge is 0.380 e. The van der Waals surface area contributed by atoms with E-state index in [1.807, 2.05) is 18.3 Å². The van der Waals surface area contributed by atoms with E-state index in [0.717, 1.165) is 9.99 Å². The summed E-state index contributed by atoms with van der Waals surface area (Å²) in [7, 11) is 1.71. The fourth-order valence-electron chi connectivity index (χ4n) is 1.45. The lowest BCUT2D eigenvalue weighted by atomic mass is 10.2. The van der Waals surface area contributed by atoms with Crippen LogP contribution in [0.5, 0.6) is 0 Å². The third kappa shape index (κ3) is 1.49. The van der Waals surface area contributed by atoms with Gasteiger partial charge in [0.25, 0.3) is 0 Å². The van der Waals surface area contributed by atoms with Gasteiger partial charge in [-0.25, -0.2) is 0 Å². The summed E-state index contributed by atoms with van der Waals surface area (Å²) in [6.07, 6.45) is 1.99. The van der Waals surface area contributed by atoms with E-state index < -0.39 is 0 Å². The first-order valence-corrected chi connectivity index (χ1v) is 4.85. The quantitative estimate of drug-likeness (QED) is 0.857. The number of H-pyrrole nitrogens is 1. The number of ether oxygens (including phenoxy) is 1. The Hall–Kier alpha value is -0.800. The number of para-hydroxylation sites is 1. The Labute approximate surface area is 85.0 Å². The van der Waals surface area contributed by atoms with Crippen molar-refractivity contribution in [2.24, 2.45) is 0 Å². The number of hydrogen-bond donors (Lipinski definition) is 1. The van der Waals surface area contributed by atoms with Gasteiger partial charge in [-0.2, -0.15) is 0 Å². The molecule has 0 saturated heterocycles. The average Bonchev–Trinajstić information content (AvgIpc) is 2.51. The lowest BCUT2D eigenvalue weighted by molar-refractivity contribution is 0.186. The molecule has 0 amide bonds. The van der Waals surface area contributed by atoms with E-state index >= 15 is 0 Å². The zero-order chi connectivity index (χ0) is 9.26. The fraction of sp³-hybridized carbons (Fsp3) is 0.200. The number of halogens is 1. The number of nitrogens with one attached hydrogen (secondary N) is 1. The minimum atomic E-state index is 0.649. The van der Waals surface area contributed by atoms with Gasteiger partial charge in [0.1, 0.15) is 0 Å². The molecule has 0 atom stereocenters. The van der Waals surface area contributed by atoms with Crippen LogP contribution in [-0.2, 0) is 11.3 Å². The SMILES string of the molecule is COCc1c[nH]c2c(Br)cccc12. The van der Waals surface area contributed by atoms with Gasteiger partial charge in [0.2, 0.25) is 0 Å². The van der Waals surface area contributed by atoms with Crippen molar-refractivity contribution in [2.75, 3.05) is 7.11 Å². The average molecular weight is 240 g/mol. The molecule has 68 valence electrons. The van der Waals surface area contributed by atoms with Crippen molar-refractivity contribution < 1.29 is 4.74 Å². The maximum Gasteiger partial charge on any atom is 0.0733 e. The molecular weight excluding hydrogens is 230 g/mol. The molecule has 2 rings (SSSR count). The van der Waals surface area contributed by atoms with Crippen LogP contribution in [0.1, 0.15) is 5.56 Å². The first-order valence-electron chi connectivity index (χ1n) is 4.06. The smallest absolute Gasteiger partial charge is 0.0733 e. The Bertz CT molecular complexity index is 422. The Kier molecular flexibility index (Phi) is 2.38. The number of aromatic amines is 1. The summed E-state index contributed by atoms with van der Waals surface area (Å²) in [5.74, 6) is 0. The van der Waals surface area contributed by atoms with Crippen molar-refractivity contribution in [1.82, 2.24) is 4.98 Å². The summed E-state index contributed by atoms with van der Waals surface area (Å²) in [6.45, 7) is 0.649. The van der Waals surface area contributed by atoms with Crippen molar-refractivity contribution in [3.63, 3.8) is 0 Å². The summed E-state index contributed by atoms with van der Waals surface area (Å²) in [6, 6.07) is 6.14. The van der Waals surface area contributed by atoms with Gasteiger partial charge in [0.05, 0.1) is 12.1 Å². The van der Waals surface area contributed by atoms with Crippen LogP contribution in [0, 0.1) is 0 Å². The van der Waals surface area contributed by atoms with E-state index in [-0.39, 0.29) is 0 Å². The van der Waals surface area contributed by atoms with Crippen LogP contribution in [0.3, 0.4) is 0 Å². The number of hydrogen-bond acceptors (Lipinski definition) is 1. The molecule has 0 aliphatic heterocycles. The van der Waals surface area contributed by atoms with Crippen LogP contribution in [-0.4, -0.2) is 12.1 Å². The molecule has 0 fully saturated rings. The van der Waals surface area contributed by atoms with Gasteiger partial charge in [-0.15, -0.1) is 0 Å². The summed E-state index contributed by atoms with van der Waals surface area (Å²) < 4.78 is 6.19. The van der Waals surface area contributed by atoms with Gasteiger partial charge in [0, 0.05) is 28.7 Å². The molecule has 1 aromatic carbocycles. The molecule has 1 N–H and O–H groups in total. The molecule has 2 nitrogen and oxygen atoms in total. The zero-order valence-electron chi connectivity index (χ0n) is 7.30. The van der Waals surface area contributed by atoms with Crippen molar-refractivity contribution in [2.45, 2.75) is 6.61 Å². The van der Waals surface area contributed by atoms with E-state index in [4.69, 9.17) is 4.74 Å². The zero-order valence-corrected chi connectivity index (χ0v) is 8.89. The van der Waals surface area contributed by atoms with Crippen molar-refractivity contribution in [3.8, 4) is 0 Å².